The average Bonchev–Trinajstić information content (AvgIpc) is 3.00. The van der Waals surface area contributed by atoms with Crippen molar-refractivity contribution in [2.45, 2.75) is 64.2 Å². The molecule has 0 aliphatic heterocycles. The molecule has 0 aromatic carbocycles. The van der Waals surface area contributed by atoms with E-state index in [9.17, 15) is 14.4 Å². The number of methoxy groups -OCH3 is 2. The van der Waals surface area contributed by atoms with E-state index >= 15 is 0 Å². The lowest BCUT2D eigenvalue weighted by atomic mass is 9.66. The van der Waals surface area contributed by atoms with Gasteiger partial charge in [-0.25, -0.2) is 4.79 Å². The van der Waals surface area contributed by atoms with E-state index in [0.717, 1.165) is 5.76 Å². The van der Waals surface area contributed by atoms with Crippen molar-refractivity contribution in [2.24, 2.45) is 11.3 Å². The van der Waals surface area contributed by atoms with Crippen molar-refractivity contribution in [2.75, 3.05) is 20.8 Å². The molecule has 0 saturated heterocycles. The van der Waals surface area contributed by atoms with Gasteiger partial charge >= 0.3 is 12.1 Å². The predicted molar refractivity (Wildman–Crippen MR) is 116 cm³/mol. The van der Waals surface area contributed by atoms with E-state index in [-0.39, 0.29) is 29.7 Å². The van der Waals surface area contributed by atoms with E-state index in [4.69, 9.17) is 13.9 Å². The third kappa shape index (κ3) is 3.94. The van der Waals surface area contributed by atoms with Gasteiger partial charge in [-0.05, 0) is 36.5 Å². The Labute approximate surface area is 180 Å². The zero-order valence-electron chi connectivity index (χ0n) is 19.2. The van der Waals surface area contributed by atoms with Crippen molar-refractivity contribution in [3.8, 4) is 0 Å². The largest absolute Gasteiger partial charge is 0.547 e. The van der Waals surface area contributed by atoms with Crippen molar-refractivity contribution in [1.82, 2.24) is 4.90 Å². The summed E-state index contributed by atoms with van der Waals surface area (Å²) in [4.78, 5) is 40.2. The summed E-state index contributed by atoms with van der Waals surface area (Å²) in [6.45, 7) is 14.6. The number of hydrogen-bond donors (Lipinski definition) is 0. The first-order valence-electron chi connectivity index (χ1n) is 10.3. The molecule has 168 valence electrons. The van der Waals surface area contributed by atoms with Crippen LogP contribution in [0.25, 0.3) is 0 Å². The Kier molecular flexibility index (Phi) is 6.91. The van der Waals surface area contributed by atoms with Crippen molar-refractivity contribution in [3.63, 3.8) is 0 Å². The summed E-state index contributed by atoms with van der Waals surface area (Å²) >= 11 is 0. The lowest BCUT2D eigenvalue weighted by Gasteiger charge is -2.46. The van der Waals surface area contributed by atoms with Gasteiger partial charge in [-0.2, -0.15) is 0 Å². The van der Waals surface area contributed by atoms with Crippen LogP contribution in [0.2, 0.25) is 18.1 Å². The summed E-state index contributed by atoms with van der Waals surface area (Å²) in [7, 11) is 0.395. The van der Waals surface area contributed by atoms with Crippen LogP contribution in [-0.2, 0) is 23.5 Å². The Morgan fingerprint density at radius 3 is 2.43 bits per heavy atom. The molecule has 1 amide bonds. The number of hydrogen-bond acceptors (Lipinski definition) is 6. The van der Waals surface area contributed by atoms with E-state index in [1.165, 1.54) is 19.1 Å². The first kappa shape index (κ1) is 24.2. The number of rotatable bonds is 6. The minimum absolute atomic E-state index is 0.0190. The molecule has 30 heavy (non-hydrogen) atoms. The Hall–Kier alpha value is -2.09. The molecule has 0 spiro atoms. The van der Waals surface area contributed by atoms with Gasteiger partial charge in [0.1, 0.15) is 0 Å². The van der Waals surface area contributed by atoms with Crippen molar-refractivity contribution in [1.29, 1.82) is 0 Å². The van der Waals surface area contributed by atoms with Crippen LogP contribution in [0.1, 0.15) is 40.0 Å². The fourth-order valence-corrected chi connectivity index (χ4v) is 5.39. The highest BCUT2D eigenvalue weighted by atomic mass is 28.4. The van der Waals surface area contributed by atoms with Gasteiger partial charge in [0.2, 0.25) is 8.32 Å². The summed E-state index contributed by atoms with van der Waals surface area (Å²) in [6.07, 6.45) is 3.95. The quantitative estimate of drug-likeness (QED) is 0.270. The normalized spacial score (nSPS) is 26.4. The number of nitrogens with zero attached hydrogens (tertiary/aromatic N) is 1. The fraction of sp³-hybridized carbons (Fsp3) is 0.682. The molecule has 0 bridgehead atoms. The minimum atomic E-state index is -2.16. The van der Waals surface area contributed by atoms with E-state index in [2.05, 4.69) is 40.4 Å². The van der Waals surface area contributed by atoms with Crippen LogP contribution in [0.4, 0.5) is 4.79 Å². The molecule has 2 aliphatic carbocycles. The van der Waals surface area contributed by atoms with Crippen LogP contribution in [0.3, 0.4) is 0 Å². The number of esters is 1. The molecule has 0 aromatic heterocycles. The number of fused-ring (bicyclic) bond motifs is 1. The van der Waals surface area contributed by atoms with Crippen molar-refractivity contribution >= 4 is 26.2 Å². The first-order valence-corrected chi connectivity index (χ1v) is 13.2. The molecule has 0 radical (unpaired) electrons. The molecule has 0 heterocycles. The lowest BCUT2D eigenvalue weighted by molar-refractivity contribution is -0.163. The van der Waals surface area contributed by atoms with Crippen LogP contribution in [-0.4, -0.2) is 57.9 Å². The van der Waals surface area contributed by atoms with Gasteiger partial charge in [-0.15, -0.1) is 6.58 Å². The standard InChI is InChI=1S/C22H35NO6Si/c1-9-12-23(20(26)28-6)17-14-16(29-30(7,8)21(2,3)4)13-15-10-11-18(24)22(15,17)19(25)27-5/h9,14-15,17H,1,10-13H2,2-8H3/t15-,17-,22+/m0/s1. The zero-order chi connectivity index (χ0) is 22.9. The van der Waals surface area contributed by atoms with Gasteiger partial charge in [0, 0.05) is 19.4 Å². The van der Waals surface area contributed by atoms with Crippen LogP contribution < -0.4 is 0 Å². The molecule has 2 aliphatic rings. The molecule has 0 unspecified atom stereocenters. The molecule has 1 saturated carbocycles. The molecule has 2 rings (SSSR count). The maximum atomic E-state index is 13.1. The van der Waals surface area contributed by atoms with E-state index in [0.29, 0.717) is 12.8 Å². The van der Waals surface area contributed by atoms with Crippen molar-refractivity contribution in [3.05, 3.63) is 24.5 Å². The second kappa shape index (κ2) is 8.57. The van der Waals surface area contributed by atoms with Gasteiger partial charge in [-0.1, -0.05) is 26.8 Å². The molecule has 3 atom stereocenters. The monoisotopic (exact) mass is 437 g/mol. The maximum Gasteiger partial charge on any atom is 0.410 e. The van der Waals surface area contributed by atoms with Gasteiger partial charge in [0.15, 0.2) is 11.2 Å². The minimum Gasteiger partial charge on any atom is -0.547 e. The Balaban J connectivity index is 2.65. The van der Waals surface area contributed by atoms with E-state index in [1.807, 2.05) is 0 Å². The summed E-state index contributed by atoms with van der Waals surface area (Å²) in [5, 5.41) is -0.0190. The summed E-state index contributed by atoms with van der Waals surface area (Å²) in [5.74, 6) is -0.390. The third-order valence-electron chi connectivity index (χ3n) is 6.87. The van der Waals surface area contributed by atoms with Crippen LogP contribution >= 0.6 is 0 Å². The smallest absolute Gasteiger partial charge is 0.410 e. The number of ether oxygens (including phenoxy) is 2. The number of carbonyl (C=O) groups is 3. The molecular formula is C22H35NO6Si. The summed E-state index contributed by atoms with van der Waals surface area (Å²) in [5.41, 5.74) is -1.45. The van der Waals surface area contributed by atoms with Crippen LogP contribution in [0.15, 0.2) is 24.5 Å². The SMILES string of the molecule is C=CCN(C(=O)OC)[C@H]1C=C(O[Si](C)(C)C(C)(C)C)C[C@@H]2CCC(=O)[C@@]21C(=O)OC. The highest BCUT2D eigenvalue weighted by molar-refractivity contribution is 6.74. The van der Waals surface area contributed by atoms with Crippen LogP contribution in [0.5, 0.6) is 0 Å². The summed E-state index contributed by atoms with van der Waals surface area (Å²) in [6, 6.07) is -0.857. The van der Waals surface area contributed by atoms with E-state index < -0.39 is 31.8 Å². The maximum absolute atomic E-state index is 13.1. The van der Waals surface area contributed by atoms with Gasteiger partial charge < -0.3 is 13.9 Å². The number of allylic oxidation sites excluding steroid dienone is 1. The number of carbonyl (C=O) groups excluding carboxylic acids is 3. The highest BCUT2D eigenvalue weighted by Gasteiger charge is 2.64. The second-order valence-electron chi connectivity index (χ2n) is 9.57. The molecule has 1 fully saturated rings. The van der Waals surface area contributed by atoms with Crippen LogP contribution in [0, 0.1) is 11.3 Å². The molecule has 8 heteroatoms. The zero-order valence-corrected chi connectivity index (χ0v) is 20.2. The molecule has 0 N–H and O–H groups in total. The molecule has 7 nitrogen and oxygen atoms in total. The molecular weight excluding hydrogens is 402 g/mol. The number of amides is 1. The Morgan fingerprint density at radius 1 is 1.30 bits per heavy atom. The summed E-state index contributed by atoms with van der Waals surface area (Å²) < 4.78 is 16.6. The Bertz CT molecular complexity index is 753. The average molecular weight is 438 g/mol. The van der Waals surface area contributed by atoms with Gasteiger partial charge in [0.05, 0.1) is 26.0 Å². The third-order valence-corrected chi connectivity index (χ3v) is 11.3. The topological polar surface area (TPSA) is 82.1 Å². The predicted octanol–water partition coefficient (Wildman–Crippen LogP) is 4.06. The van der Waals surface area contributed by atoms with Gasteiger partial charge in [0.25, 0.3) is 0 Å². The lowest BCUT2D eigenvalue weighted by Crippen LogP contribution is -2.60. The Morgan fingerprint density at radius 2 is 1.93 bits per heavy atom. The molecule has 0 aromatic rings. The second-order valence-corrected chi connectivity index (χ2v) is 14.3. The van der Waals surface area contributed by atoms with E-state index in [1.54, 1.807) is 12.2 Å². The fourth-order valence-electron chi connectivity index (χ4n) is 4.28. The van der Waals surface area contributed by atoms with Crippen molar-refractivity contribution < 1.29 is 28.3 Å². The number of ketones is 1. The first-order chi connectivity index (χ1) is 13.9. The number of Topliss-reactive ketones (excluding diaryl/α,β-unsaturated/α-hetero) is 1. The van der Waals surface area contributed by atoms with Gasteiger partial charge in [-0.3, -0.25) is 14.5 Å². The highest BCUT2D eigenvalue weighted by Crippen LogP contribution is 2.53.